The Bertz CT molecular complexity index is 1060. The summed E-state index contributed by atoms with van der Waals surface area (Å²) in [7, 11) is 0. The molecule has 0 aliphatic rings. The van der Waals surface area contributed by atoms with E-state index in [9.17, 15) is 27.2 Å². The predicted molar refractivity (Wildman–Crippen MR) is 95.9 cm³/mol. The second-order valence-corrected chi connectivity index (χ2v) is 6.47. The van der Waals surface area contributed by atoms with Gasteiger partial charge in [-0.05, 0) is 13.0 Å². The number of halogens is 4. The number of rotatable bonds is 8. The lowest BCUT2D eigenvalue weighted by Gasteiger charge is -2.28. The molecule has 0 unspecified atom stereocenters. The van der Waals surface area contributed by atoms with Crippen LogP contribution in [0, 0.1) is 17.1 Å². The third-order valence-electron chi connectivity index (χ3n) is 3.97. The molecule has 9 nitrogen and oxygen atoms in total. The Balaban J connectivity index is 2.33. The van der Waals surface area contributed by atoms with Gasteiger partial charge in [-0.25, -0.2) is 14.2 Å². The highest BCUT2D eigenvalue weighted by molar-refractivity contribution is 5.97. The summed E-state index contributed by atoms with van der Waals surface area (Å²) in [6, 6.07) is 1.83. The Morgan fingerprint density at radius 3 is 2.58 bits per heavy atom. The first-order chi connectivity index (χ1) is 14.4. The zero-order valence-electron chi connectivity index (χ0n) is 15.9. The van der Waals surface area contributed by atoms with Crippen LogP contribution < -0.4 is 5.32 Å². The maximum atomic E-state index is 13.2. The Morgan fingerprint density at radius 2 is 2.06 bits per heavy atom. The van der Waals surface area contributed by atoms with Crippen molar-refractivity contribution in [1.82, 2.24) is 14.8 Å². The number of aromatic nitrogens is 3. The van der Waals surface area contributed by atoms with Gasteiger partial charge in [-0.1, -0.05) is 6.58 Å². The van der Waals surface area contributed by atoms with Crippen LogP contribution in [0.5, 0.6) is 0 Å². The molecule has 0 fully saturated rings. The fourth-order valence-electron chi connectivity index (χ4n) is 2.33. The number of hydrogen-bond acceptors (Lipinski definition) is 6. The molecule has 2 N–H and O–H groups in total. The van der Waals surface area contributed by atoms with E-state index in [4.69, 9.17) is 15.1 Å². The summed E-state index contributed by atoms with van der Waals surface area (Å²) in [5, 5.41) is 23.6. The number of nitrogens with one attached hydrogen (secondary N) is 1. The predicted octanol–water partition coefficient (Wildman–Crippen LogP) is 2.36. The largest absolute Gasteiger partial charge is 0.478 e. The SMILES string of the molecule is C=C(CO[C@@](C)(Cn1cc(F)cn1)C(=O)Nc1cnc(C#N)c(C(F)(F)F)c1)C(=O)O. The molecule has 2 heterocycles. The molecule has 0 aliphatic carbocycles. The number of nitrogens with zero attached hydrogens (tertiary/aromatic N) is 4. The van der Waals surface area contributed by atoms with Crippen molar-refractivity contribution in [1.29, 1.82) is 5.26 Å². The summed E-state index contributed by atoms with van der Waals surface area (Å²) in [6.07, 6.45) is -2.26. The maximum absolute atomic E-state index is 13.2. The lowest BCUT2D eigenvalue weighted by molar-refractivity contribution is -0.143. The fourth-order valence-corrected chi connectivity index (χ4v) is 2.33. The van der Waals surface area contributed by atoms with E-state index in [1.54, 1.807) is 0 Å². The number of alkyl halides is 3. The minimum atomic E-state index is -4.90. The second kappa shape index (κ2) is 8.92. The zero-order chi connectivity index (χ0) is 23.4. The van der Waals surface area contributed by atoms with Gasteiger partial charge in [-0.15, -0.1) is 0 Å². The van der Waals surface area contributed by atoms with Gasteiger partial charge in [0, 0.05) is 0 Å². The van der Waals surface area contributed by atoms with E-state index in [1.807, 2.05) is 0 Å². The first kappa shape index (κ1) is 23.5. The monoisotopic (exact) mass is 441 g/mol. The number of aliphatic carboxylic acids is 1. The summed E-state index contributed by atoms with van der Waals surface area (Å²) < 4.78 is 59.0. The summed E-state index contributed by atoms with van der Waals surface area (Å²) in [5.74, 6) is -3.11. The van der Waals surface area contributed by atoms with E-state index in [0.29, 0.717) is 6.07 Å². The molecule has 164 valence electrons. The first-order valence-electron chi connectivity index (χ1n) is 8.37. The van der Waals surface area contributed by atoms with E-state index >= 15 is 0 Å². The molecule has 2 rings (SSSR count). The number of carboxylic acid groups (broad SMARTS) is 1. The average molecular weight is 441 g/mol. The third-order valence-corrected chi connectivity index (χ3v) is 3.97. The van der Waals surface area contributed by atoms with Crippen LogP contribution in [0.25, 0.3) is 0 Å². The number of carbonyl (C=O) groups is 2. The Kier molecular flexibility index (Phi) is 6.76. The van der Waals surface area contributed by atoms with Crippen molar-refractivity contribution in [2.24, 2.45) is 0 Å². The lowest BCUT2D eigenvalue weighted by atomic mass is 10.0. The van der Waals surface area contributed by atoms with E-state index in [2.05, 4.69) is 22.0 Å². The summed E-state index contributed by atoms with van der Waals surface area (Å²) in [4.78, 5) is 27.2. The van der Waals surface area contributed by atoms with Crippen LogP contribution in [-0.4, -0.2) is 44.0 Å². The minimum Gasteiger partial charge on any atom is -0.478 e. The average Bonchev–Trinajstić information content (AvgIpc) is 3.09. The molecule has 13 heteroatoms. The van der Waals surface area contributed by atoms with Crippen LogP contribution in [0.2, 0.25) is 0 Å². The van der Waals surface area contributed by atoms with E-state index in [-0.39, 0.29) is 0 Å². The fraction of sp³-hybridized carbons (Fsp3) is 0.278. The van der Waals surface area contributed by atoms with Gasteiger partial charge in [0.05, 0.1) is 48.6 Å². The third kappa shape index (κ3) is 5.86. The van der Waals surface area contributed by atoms with Crippen LogP contribution >= 0.6 is 0 Å². The van der Waals surface area contributed by atoms with Crippen molar-refractivity contribution in [3.05, 3.63) is 53.9 Å². The molecule has 1 amide bonds. The molecule has 0 spiro atoms. The van der Waals surface area contributed by atoms with E-state index in [0.717, 1.165) is 23.3 Å². The van der Waals surface area contributed by atoms with E-state index in [1.165, 1.54) is 13.0 Å². The maximum Gasteiger partial charge on any atom is 0.419 e. The van der Waals surface area contributed by atoms with Gasteiger partial charge in [0.2, 0.25) is 0 Å². The quantitative estimate of drug-likeness (QED) is 0.475. The van der Waals surface area contributed by atoms with Crippen LogP contribution in [0.1, 0.15) is 18.2 Å². The summed E-state index contributed by atoms with van der Waals surface area (Å²) in [6.45, 7) is 3.45. The van der Waals surface area contributed by atoms with Crippen molar-refractivity contribution in [2.45, 2.75) is 25.2 Å². The normalized spacial score (nSPS) is 13.2. The number of ether oxygens (including phenoxy) is 1. The van der Waals surface area contributed by atoms with Crippen LogP contribution in [0.15, 0.2) is 36.8 Å². The number of hydrogen-bond donors (Lipinski definition) is 2. The molecule has 2 aromatic heterocycles. The molecule has 2 aromatic rings. The number of nitriles is 1. The number of amides is 1. The van der Waals surface area contributed by atoms with Gasteiger partial charge in [0.15, 0.2) is 17.1 Å². The summed E-state index contributed by atoms with van der Waals surface area (Å²) in [5.41, 5.74) is -4.93. The second-order valence-electron chi connectivity index (χ2n) is 6.47. The zero-order valence-corrected chi connectivity index (χ0v) is 15.9. The molecule has 31 heavy (non-hydrogen) atoms. The summed E-state index contributed by atoms with van der Waals surface area (Å²) >= 11 is 0. The molecule has 0 radical (unpaired) electrons. The Labute approximate surface area is 172 Å². The van der Waals surface area contributed by atoms with E-state index < -0.39 is 65.1 Å². The highest BCUT2D eigenvalue weighted by Gasteiger charge is 2.38. The van der Waals surface area contributed by atoms with Crippen molar-refractivity contribution in [2.75, 3.05) is 11.9 Å². The number of carboxylic acids is 1. The minimum absolute atomic E-state index is 0.394. The molecular weight excluding hydrogens is 426 g/mol. The Morgan fingerprint density at radius 1 is 1.39 bits per heavy atom. The van der Waals surface area contributed by atoms with Crippen molar-refractivity contribution >= 4 is 17.6 Å². The van der Waals surface area contributed by atoms with Gasteiger partial charge in [0.25, 0.3) is 5.91 Å². The van der Waals surface area contributed by atoms with Crippen LogP contribution in [-0.2, 0) is 27.0 Å². The van der Waals surface area contributed by atoms with Gasteiger partial charge in [0.1, 0.15) is 6.07 Å². The topological polar surface area (TPSA) is 130 Å². The van der Waals surface area contributed by atoms with Gasteiger partial charge < -0.3 is 15.2 Å². The molecule has 0 aromatic carbocycles. The van der Waals surface area contributed by atoms with Gasteiger partial charge in [-0.3, -0.25) is 9.48 Å². The van der Waals surface area contributed by atoms with Gasteiger partial charge >= 0.3 is 12.1 Å². The van der Waals surface area contributed by atoms with Crippen molar-refractivity contribution in [3.8, 4) is 6.07 Å². The number of pyridine rings is 1. The standard InChI is InChI=1S/C18H15F4N5O4/c1-10(15(28)29)8-31-17(2,9-27-7-11(19)5-25-27)16(30)26-12-3-13(18(20,21)22)14(4-23)24-6-12/h3,5-7H,1,8-9H2,2H3,(H,26,30)(H,28,29)/t17-/m0/s1. The van der Waals surface area contributed by atoms with Crippen molar-refractivity contribution < 1.29 is 37.0 Å². The molecular formula is C18H15F4N5O4. The highest BCUT2D eigenvalue weighted by Crippen LogP contribution is 2.32. The van der Waals surface area contributed by atoms with Gasteiger partial charge in [-0.2, -0.15) is 23.5 Å². The van der Waals surface area contributed by atoms with Crippen LogP contribution in [0.3, 0.4) is 0 Å². The molecule has 0 aliphatic heterocycles. The molecule has 0 saturated heterocycles. The smallest absolute Gasteiger partial charge is 0.419 e. The number of anilines is 1. The highest BCUT2D eigenvalue weighted by atomic mass is 19.4. The first-order valence-corrected chi connectivity index (χ1v) is 8.37. The Hall–Kier alpha value is -3.79. The van der Waals surface area contributed by atoms with Crippen LogP contribution in [0.4, 0.5) is 23.2 Å². The molecule has 0 saturated carbocycles. The molecule has 0 bridgehead atoms. The molecule has 1 atom stereocenters. The van der Waals surface area contributed by atoms with Crippen molar-refractivity contribution in [3.63, 3.8) is 0 Å². The lowest BCUT2D eigenvalue weighted by Crippen LogP contribution is -2.47. The number of carbonyl (C=O) groups excluding carboxylic acids is 1.